The SMILES string of the molecule is C[C@]12C[C@@H](O)[C@H]3[C@@H](CCC4=CC(=O)CC[C@@H]43)[C@@H]1CCC2=O. The van der Waals surface area contributed by atoms with Gasteiger partial charge >= 0.3 is 0 Å². The molecule has 0 bridgehead atoms. The van der Waals surface area contributed by atoms with Gasteiger partial charge in [0, 0.05) is 18.3 Å². The van der Waals surface area contributed by atoms with Gasteiger partial charge in [0.25, 0.3) is 0 Å². The predicted molar refractivity (Wildman–Crippen MR) is 78.5 cm³/mol. The highest BCUT2D eigenvalue weighted by Gasteiger charge is 2.59. The fourth-order valence-electron chi connectivity index (χ4n) is 6.03. The van der Waals surface area contributed by atoms with Crippen molar-refractivity contribution < 1.29 is 14.7 Å². The van der Waals surface area contributed by atoms with Crippen molar-refractivity contribution in [2.75, 3.05) is 0 Å². The first kappa shape index (κ1) is 13.7. The highest BCUT2D eigenvalue weighted by atomic mass is 16.3. The number of fused-ring (bicyclic) bond motifs is 5. The van der Waals surface area contributed by atoms with Gasteiger partial charge in [-0.1, -0.05) is 12.5 Å². The summed E-state index contributed by atoms with van der Waals surface area (Å²) in [6, 6.07) is 0. The molecule has 21 heavy (non-hydrogen) atoms. The van der Waals surface area contributed by atoms with Crippen LogP contribution in [-0.4, -0.2) is 22.8 Å². The van der Waals surface area contributed by atoms with Gasteiger partial charge in [0.05, 0.1) is 6.10 Å². The fraction of sp³-hybridized carbons (Fsp3) is 0.778. The number of aliphatic hydroxyl groups excluding tert-OH is 1. The monoisotopic (exact) mass is 288 g/mol. The molecule has 4 aliphatic carbocycles. The van der Waals surface area contributed by atoms with Crippen LogP contribution in [0.4, 0.5) is 0 Å². The van der Waals surface area contributed by atoms with Gasteiger partial charge in [-0.05, 0) is 61.9 Å². The van der Waals surface area contributed by atoms with E-state index < -0.39 is 0 Å². The van der Waals surface area contributed by atoms with Gasteiger partial charge in [-0.3, -0.25) is 9.59 Å². The molecule has 0 unspecified atom stereocenters. The maximum Gasteiger partial charge on any atom is 0.155 e. The average molecular weight is 288 g/mol. The number of hydrogen-bond donors (Lipinski definition) is 1. The topological polar surface area (TPSA) is 54.4 Å². The molecule has 0 aliphatic heterocycles. The number of ketones is 2. The van der Waals surface area contributed by atoms with Crippen LogP contribution in [0.15, 0.2) is 11.6 Å². The average Bonchev–Trinajstić information content (AvgIpc) is 2.74. The minimum Gasteiger partial charge on any atom is -0.393 e. The lowest BCUT2D eigenvalue weighted by atomic mass is 9.51. The standard InChI is InChI=1S/C18H24O3/c1-18-9-15(20)17-12-5-3-11(19)8-10(12)2-4-13(17)14(18)6-7-16(18)21/h8,12-15,17,20H,2-7,9H2,1H3/t12-,13-,14-,15+,17+,18-/m0/s1. The van der Waals surface area contributed by atoms with Crippen LogP contribution in [0.5, 0.6) is 0 Å². The van der Waals surface area contributed by atoms with Gasteiger partial charge in [-0.2, -0.15) is 0 Å². The van der Waals surface area contributed by atoms with Gasteiger partial charge in [-0.15, -0.1) is 0 Å². The minimum absolute atomic E-state index is 0.255. The maximum atomic E-state index is 12.3. The predicted octanol–water partition coefficient (Wildman–Crippen LogP) is 2.67. The summed E-state index contributed by atoms with van der Waals surface area (Å²) >= 11 is 0. The fourth-order valence-corrected chi connectivity index (χ4v) is 6.03. The third-order valence-corrected chi connectivity index (χ3v) is 6.98. The summed E-state index contributed by atoms with van der Waals surface area (Å²) in [4.78, 5) is 24.0. The number of Topliss-reactive ketones (excluding diaryl/α,β-unsaturated/α-hetero) is 1. The molecule has 0 saturated heterocycles. The Bertz CT molecular complexity index is 535. The van der Waals surface area contributed by atoms with E-state index in [0.717, 1.165) is 25.7 Å². The van der Waals surface area contributed by atoms with Crippen molar-refractivity contribution in [2.24, 2.45) is 29.1 Å². The number of carbonyl (C=O) groups is 2. The van der Waals surface area contributed by atoms with Crippen molar-refractivity contribution >= 4 is 11.6 Å². The zero-order valence-corrected chi connectivity index (χ0v) is 12.7. The van der Waals surface area contributed by atoms with Crippen LogP contribution < -0.4 is 0 Å². The van der Waals surface area contributed by atoms with E-state index >= 15 is 0 Å². The number of aliphatic hydroxyl groups is 1. The molecule has 0 amide bonds. The minimum atomic E-state index is -0.375. The van der Waals surface area contributed by atoms with Crippen LogP contribution >= 0.6 is 0 Å². The number of hydrogen-bond acceptors (Lipinski definition) is 3. The van der Waals surface area contributed by atoms with Gasteiger partial charge in [0.1, 0.15) is 5.78 Å². The van der Waals surface area contributed by atoms with E-state index in [2.05, 4.69) is 6.92 Å². The van der Waals surface area contributed by atoms with E-state index in [4.69, 9.17) is 0 Å². The highest BCUT2D eigenvalue weighted by Crippen LogP contribution is 2.60. The summed E-state index contributed by atoms with van der Waals surface area (Å²) < 4.78 is 0. The molecule has 3 saturated carbocycles. The molecule has 0 aromatic carbocycles. The first-order valence-corrected chi connectivity index (χ1v) is 8.45. The molecule has 114 valence electrons. The first-order chi connectivity index (χ1) is 10.0. The van der Waals surface area contributed by atoms with Crippen molar-refractivity contribution in [1.82, 2.24) is 0 Å². The molecule has 0 aromatic rings. The first-order valence-electron chi connectivity index (χ1n) is 8.45. The van der Waals surface area contributed by atoms with Gasteiger partial charge in [0.15, 0.2) is 5.78 Å². The molecule has 0 heterocycles. The van der Waals surface area contributed by atoms with Crippen molar-refractivity contribution in [3.63, 3.8) is 0 Å². The van der Waals surface area contributed by atoms with Crippen molar-refractivity contribution in [3.8, 4) is 0 Å². The van der Waals surface area contributed by atoms with Crippen LogP contribution in [0.25, 0.3) is 0 Å². The zero-order valence-electron chi connectivity index (χ0n) is 12.7. The summed E-state index contributed by atoms with van der Waals surface area (Å²) in [5.74, 6) is 2.22. The third-order valence-electron chi connectivity index (χ3n) is 6.98. The summed E-state index contributed by atoms with van der Waals surface area (Å²) in [7, 11) is 0. The molecule has 1 N–H and O–H groups in total. The molecular weight excluding hydrogens is 264 g/mol. The van der Waals surface area contributed by atoms with E-state index in [1.807, 2.05) is 6.08 Å². The van der Waals surface area contributed by atoms with Crippen LogP contribution in [0, 0.1) is 29.1 Å². The van der Waals surface area contributed by atoms with E-state index in [1.54, 1.807) is 0 Å². The van der Waals surface area contributed by atoms with E-state index in [0.29, 0.717) is 42.8 Å². The molecule has 0 radical (unpaired) electrons. The number of carbonyl (C=O) groups excluding carboxylic acids is 2. The smallest absolute Gasteiger partial charge is 0.155 e. The van der Waals surface area contributed by atoms with E-state index in [1.165, 1.54) is 5.57 Å². The Morgan fingerprint density at radius 3 is 2.76 bits per heavy atom. The van der Waals surface area contributed by atoms with Crippen LogP contribution in [-0.2, 0) is 9.59 Å². The quantitative estimate of drug-likeness (QED) is 0.745. The molecule has 3 nitrogen and oxygen atoms in total. The largest absolute Gasteiger partial charge is 0.393 e. The molecular formula is C18H24O3. The zero-order chi connectivity index (χ0) is 14.8. The number of rotatable bonds is 0. The van der Waals surface area contributed by atoms with E-state index in [9.17, 15) is 14.7 Å². The van der Waals surface area contributed by atoms with Crippen molar-refractivity contribution in [2.45, 2.75) is 58.0 Å². The molecule has 0 spiro atoms. The Morgan fingerprint density at radius 1 is 1.14 bits per heavy atom. The normalized spacial score (nSPS) is 49.2. The van der Waals surface area contributed by atoms with Crippen molar-refractivity contribution in [1.29, 1.82) is 0 Å². The van der Waals surface area contributed by atoms with Crippen LogP contribution in [0.1, 0.15) is 51.9 Å². The lowest BCUT2D eigenvalue weighted by Crippen LogP contribution is -2.53. The van der Waals surface area contributed by atoms with Gasteiger partial charge in [0.2, 0.25) is 0 Å². The summed E-state index contributed by atoms with van der Waals surface area (Å²) in [6.07, 6.45) is 7.39. The Hall–Kier alpha value is -0.960. The van der Waals surface area contributed by atoms with E-state index in [-0.39, 0.29) is 23.2 Å². The Kier molecular flexibility index (Phi) is 2.94. The van der Waals surface area contributed by atoms with Crippen LogP contribution in [0.2, 0.25) is 0 Å². The number of allylic oxidation sites excluding steroid dienone is 1. The summed E-state index contributed by atoms with van der Waals surface area (Å²) in [6.45, 7) is 2.09. The second-order valence-electron chi connectivity index (χ2n) is 7.87. The molecule has 0 aromatic heterocycles. The Morgan fingerprint density at radius 2 is 1.95 bits per heavy atom. The maximum absolute atomic E-state index is 12.3. The Labute approximate surface area is 125 Å². The summed E-state index contributed by atoms with van der Waals surface area (Å²) in [5, 5.41) is 10.8. The third kappa shape index (κ3) is 1.82. The molecule has 6 atom stereocenters. The van der Waals surface area contributed by atoms with Crippen LogP contribution in [0.3, 0.4) is 0 Å². The second kappa shape index (κ2) is 4.52. The molecule has 4 rings (SSSR count). The van der Waals surface area contributed by atoms with Gasteiger partial charge < -0.3 is 5.11 Å². The highest BCUT2D eigenvalue weighted by molar-refractivity contribution is 5.91. The Balaban J connectivity index is 1.70. The lowest BCUT2D eigenvalue weighted by Gasteiger charge is -2.54. The van der Waals surface area contributed by atoms with Crippen molar-refractivity contribution in [3.05, 3.63) is 11.6 Å². The lowest BCUT2D eigenvalue weighted by molar-refractivity contribution is -0.140. The molecule has 3 fully saturated rings. The second-order valence-corrected chi connectivity index (χ2v) is 7.87. The molecule has 4 aliphatic rings. The van der Waals surface area contributed by atoms with Gasteiger partial charge in [-0.25, -0.2) is 0 Å². The molecule has 3 heteroatoms. The summed E-state index contributed by atoms with van der Waals surface area (Å²) in [5.41, 5.74) is 0.992.